The summed E-state index contributed by atoms with van der Waals surface area (Å²) < 4.78 is 1.87. The highest BCUT2D eigenvalue weighted by Crippen LogP contribution is 2.22. The van der Waals surface area contributed by atoms with Crippen LogP contribution in [0.15, 0.2) is 67.1 Å². The highest BCUT2D eigenvalue weighted by molar-refractivity contribution is 5.78. The van der Waals surface area contributed by atoms with E-state index in [0.29, 0.717) is 17.3 Å². The number of imidazole rings is 1. The lowest BCUT2D eigenvalue weighted by Crippen LogP contribution is -2.10. The molecule has 2 aromatic carbocycles. The fourth-order valence-corrected chi connectivity index (χ4v) is 2.76. The molecular weight excluding hydrogens is 314 g/mol. The van der Waals surface area contributed by atoms with E-state index in [0.717, 1.165) is 5.52 Å². The Hall–Kier alpha value is -3.41. The Morgan fingerprint density at radius 3 is 2.72 bits per heavy atom. The first kappa shape index (κ1) is 15.1. The average Bonchev–Trinajstić information content (AvgIpc) is 3.05. The monoisotopic (exact) mass is 331 g/mol. The van der Waals surface area contributed by atoms with E-state index in [-0.39, 0.29) is 11.8 Å². The van der Waals surface area contributed by atoms with Crippen molar-refractivity contribution in [2.75, 3.05) is 5.32 Å². The number of nitrogens with zero attached hydrogens (tertiary/aromatic N) is 4. The maximum absolute atomic E-state index is 9.58. The molecule has 25 heavy (non-hydrogen) atoms. The fourth-order valence-electron chi connectivity index (χ4n) is 2.76. The smallest absolute Gasteiger partial charge is 0.225 e. The highest BCUT2D eigenvalue weighted by atomic mass is 16.3. The Kier molecular flexibility index (Phi) is 3.78. The molecule has 124 valence electrons. The van der Waals surface area contributed by atoms with Gasteiger partial charge in [0.15, 0.2) is 0 Å². The zero-order valence-electron chi connectivity index (χ0n) is 13.7. The topological polar surface area (TPSA) is 75.9 Å². The molecule has 6 heteroatoms. The second-order valence-electron chi connectivity index (χ2n) is 5.80. The van der Waals surface area contributed by atoms with Gasteiger partial charge in [0.1, 0.15) is 17.9 Å². The number of aromatic hydroxyl groups is 1. The summed E-state index contributed by atoms with van der Waals surface area (Å²) in [5.41, 5.74) is 2.75. The van der Waals surface area contributed by atoms with Gasteiger partial charge in [-0.2, -0.15) is 4.98 Å². The van der Waals surface area contributed by atoms with Crippen LogP contribution in [0.25, 0.3) is 16.9 Å². The highest BCUT2D eigenvalue weighted by Gasteiger charge is 2.10. The summed E-state index contributed by atoms with van der Waals surface area (Å²) in [4.78, 5) is 13.2. The molecule has 2 N–H and O–H groups in total. The molecule has 0 aliphatic heterocycles. The van der Waals surface area contributed by atoms with Crippen LogP contribution in [0.1, 0.15) is 18.5 Å². The second-order valence-corrected chi connectivity index (χ2v) is 5.80. The molecule has 2 aromatic heterocycles. The summed E-state index contributed by atoms with van der Waals surface area (Å²) in [6.45, 7) is 2.07. The SMILES string of the molecule is CC(Nc1nccc(-n2cnc3cc(O)ccc32)n1)c1ccccc1. The molecule has 0 bridgehead atoms. The van der Waals surface area contributed by atoms with Crippen LogP contribution in [-0.4, -0.2) is 24.6 Å². The first-order chi connectivity index (χ1) is 12.2. The minimum absolute atomic E-state index is 0.0907. The number of anilines is 1. The van der Waals surface area contributed by atoms with Crippen molar-refractivity contribution in [2.24, 2.45) is 0 Å². The van der Waals surface area contributed by atoms with E-state index < -0.39 is 0 Å². The molecule has 6 nitrogen and oxygen atoms in total. The maximum Gasteiger partial charge on any atom is 0.225 e. The van der Waals surface area contributed by atoms with Crippen molar-refractivity contribution >= 4 is 17.0 Å². The van der Waals surface area contributed by atoms with Crippen LogP contribution in [0.5, 0.6) is 5.75 Å². The minimum atomic E-state index is 0.0907. The van der Waals surface area contributed by atoms with Crippen molar-refractivity contribution < 1.29 is 5.11 Å². The quantitative estimate of drug-likeness (QED) is 0.596. The van der Waals surface area contributed by atoms with E-state index in [4.69, 9.17) is 0 Å². The average molecular weight is 331 g/mol. The molecule has 4 aromatic rings. The Bertz CT molecular complexity index is 1010. The zero-order chi connectivity index (χ0) is 17.2. The number of nitrogens with one attached hydrogen (secondary N) is 1. The van der Waals surface area contributed by atoms with E-state index in [1.807, 2.05) is 34.9 Å². The van der Waals surface area contributed by atoms with Crippen LogP contribution in [-0.2, 0) is 0 Å². The van der Waals surface area contributed by atoms with E-state index in [9.17, 15) is 5.11 Å². The van der Waals surface area contributed by atoms with Gasteiger partial charge in [0.25, 0.3) is 0 Å². The number of fused-ring (bicyclic) bond motifs is 1. The van der Waals surface area contributed by atoms with Crippen LogP contribution in [0.2, 0.25) is 0 Å². The molecule has 2 heterocycles. The molecule has 0 amide bonds. The molecule has 0 radical (unpaired) electrons. The standard InChI is InChI=1S/C19H17N5O/c1-13(14-5-3-2-4-6-14)22-19-20-10-9-18(23-19)24-12-21-16-11-15(25)7-8-17(16)24/h2-13,25H,1H3,(H,20,22,23). The van der Waals surface area contributed by atoms with Crippen LogP contribution in [0, 0.1) is 0 Å². The normalized spacial score (nSPS) is 12.2. The molecule has 0 saturated carbocycles. The Morgan fingerprint density at radius 2 is 1.88 bits per heavy atom. The number of phenolic OH excluding ortho intramolecular Hbond substituents is 1. The summed E-state index contributed by atoms with van der Waals surface area (Å²) >= 11 is 0. The Balaban J connectivity index is 1.65. The number of aromatic nitrogens is 4. The lowest BCUT2D eigenvalue weighted by atomic mass is 10.1. The van der Waals surface area contributed by atoms with Crippen molar-refractivity contribution in [3.05, 3.63) is 72.7 Å². The molecule has 0 aliphatic carbocycles. The van der Waals surface area contributed by atoms with Crippen LogP contribution in [0.3, 0.4) is 0 Å². The number of benzene rings is 2. The summed E-state index contributed by atoms with van der Waals surface area (Å²) in [5, 5.41) is 12.9. The molecular formula is C19H17N5O. The van der Waals surface area contributed by atoms with Gasteiger partial charge in [-0.1, -0.05) is 30.3 Å². The van der Waals surface area contributed by atoms with Crippen molar-refractivity contribution in [2.45, 2.75) is 13.0 Å². The van der Waals surface area contributed by atoms with Crippen molar-refractivity contribution in [1.29, 1.82) is 0 Å². The third kappa shape index (κ3) is 3.01. The van der Waals surface area contributed by atoms with Gasteiger partial charge < -0.3 is 10.4 Å². The van der Waals surface area contributed by atoms with Crippen molar-refractivity contribution in [3.8, 4) is 11.6 Å². The second kappa shape index (κ2) is 6.24. The number of phenols is 1. The minimum Gasteiger partial charge on any atom is -0.508 e. The van der Waals surface area contributed by atoms with Gasteiger partial charge in [0.05, 0.1) is 17.1 Å². The van der Waals surface area contributed by atoms with Crippen LogP contribution < -0.4 is 5.32 Å². The summed E-state index contributed by atoms with van der Waals surface area (Å²) in [7, 11) is 0. The van der Waals surface area contributed by atoms with Gasteiger partial charge in [-0.15, -0.1) is 0 Å². The van der Waals surface area contributed by atoms with Gasteiger partial charge in [0, 0.05) is 12.3 Å². The number of hydrogen-bond donors (Lipinski definition) is 2. The van der Waals surface area contributed by atoms with E-state index >= 15 is 0 Å². The van der Waals surface area contributed by atoms with Gasteiger partial charge in [-0.05, 0) is 30.7 Å². The largest absolute Gasteiger partial charge is 0.508 e. The lowest BCUT2D eigenvalue weighted by molar-refractivity contribution is 0.476. The van der Waals surface area contributed by atoms with Crippen molar-refractivity contribution in [1.82, 2.24) is 19.5 Å². The lowest BCUT2D eigenvalue weighted by Gasteiger charge is -2.14. The Morgan fingerprint density at radius 1 is 1.04 bits per heavy atom. The molecule has 0 spiro atoms. The van der Waals surface area contributed by atoms with E-state index in [2.05, 4.69) is 39.3 Å². The fraction of sp³-hybridized carbons (Fsp3) is 0.105. The molecule has 1 atom stereocenters. The third-order valence-corrected chi connectivity index (χ3v) is 4.06. The molecule has 4 rings (SSSR count). The Labute approximate surface area is 144 Å². The van der Waals surface area contributed by atoms with Gasteiger partial charge >= 0.3 is 0 Å². The van der Waals surface area contributed by atoms with Crippen LogP contribution in [0.4, 0.5) is 5.95 Å². The molecule has 1 unspecified atom stereocenters. The van der Waals surface area contributed by atoms with E-state index in [1.54, 1.807) is 24.7 Å². The summed E-state index contributed by atoms with van der Waals surface area (Å²) in [6.07, 6.45) is 3.41. The number of hydrogen-bond acceptors (Lipinski definition) is 5. The zero-order valence-corrected chi connectivity index (χ0v) is 13.7. The van der Waals surface area contributed by atoms with Crippen LogP contribution >= 0.6 is 0 Å². The van der Waals surface area contributed by atoms with E-state index in [1.165, 1.54) is 5.56 Å². The van der Waals surface area contributed by atoms with Gasteiger partial charge in [-0.3, -0.25) is 4.57 Å². The number of rotatable bonds is 4. The van der Waals surface area contributed by atoms with Crippen molar-refractivity contribution in [3.63, 3.8) is 0 Å². The first-order valence-electron chi connectivity index (χ1n) is 8.02. The predicted octanol–water partition coefficient (Wildman–Crippen LogP) is 3.69. The molecule has 0 saturated heterocycles. The molecule has 0 aliphatic rings. The third-order valence-electron chi connectivity index (χ3n) is 4.06. The molecule has 0 fully saturated rings. The summed E-state index contributed by atoms with van der Waals surface area (Å²) in [5.74, 6) is 1.46. The maximum atomic E-state index is 9.58. The van der Waals surface area contributed by atoms with Gasteiger partial charge in [0.2, 0.25) is 5.95 Å². The van der Waals surface area contributed by atoms with Gasteiger partial charge in [-0.25, -0.2) is 9.97 Å². The first-order valence-corrected chi connectivity index (χ1v) is 8.02. The predicted molar refractivity (Wildman–Crippen MR) is 96.8 cm³/mol. The summed E-state index contributed by atoms with van der Waals surface area (Å²) in [6, 6.07) is 17.2.